The second-order valence-electron chi connectivity index (χ2n) is 5.51. The van der Waals surface area contributed by atoms with Crippen LogP contribution in [0.25, 0.3) is 0 Å². The monoisotopic (exact) mass is 287 g/mol. The van der Waals surface area contributed by atoms with Crippen molar-refractivity contribution < 1.29 is 9.21 Å². The third kappa shape index (κ3) is 2.60. The van der Waals surface area contributed by atoms with Gasteiger partial charge in [-0.15, -0.1) is 0 Å². The van der Waals surface area contributed by atoms with Crippen molar-refractivity contribution in [1.29, 1.82) is 0 Å². The molecule has 0 aliphatic carbocycles. The molecule has 1 aliphatic heterocycles. The lowest BCUT2D eigenvalue weighted by molar-refractivity contribution is -0.135. The molecule has 1 saturated heterocycles. The average molecular weight is 287 g/mol. The van der Waals surface area contributed by atoms with Gasteiger partial charge in [-0.2, -0.15) is 5.10 Å². The van der Waals surface area contributed by atoms with E-state index in [0.29, 0.717) is 0 Å². The first kappa shape index (κ1) is 13.9. The smallest absolute Gasteiger partial charge is 0.247 e. The Bertz CT molecular complexity index is 603. The molecule has 5 nitrogen and oxygen atoms in total. The van der Waals surface area contributed by atoms with E-state index in [1.54, 1.807) is 10.9 Å². The highest BCUT2D eigenvalue weighted by Crippen LogP contribution is 2.34. The fraction of sp³-hybridized carbons (Fsp3) is 0.500. The van der Waals surface area contributed by atoms with Crippen LogP contribution in [0.4, 0.5) is 0 Å². The fourth-order valence-electron chi connectivity index (χ4n) is 2.95. The number of amides is 1. The highest BCUT2D eigenvalue weighted by Gasteiger charge is 2.34. The second kappa shape index (κ2) is 5.76. The number of rotatable bonds is 4. The molecule has 3 rings (SSSR count). The van der Waals surface area contributed by atoms with E-state index in [9.17, 15) is 4.79 Å². The molecule has 0 unspecified atom stereocenters. The van der Waals surface area contributed by atoms with E-state index < -0.39 is 0 Å². The van der Waals surface area contributed by atoms with Crippen molar-refractivity contribution in [2.24, 2.45) is 0 Å². The molecule has 1 aliphatic rings. The number of carbonyl (C=O) groups excluding carboxylic acids is 1. The van der Waals surface area contributed by atoms with Crippen LogP contribution in [0.5, 0.6) is 0 Å². The third-order valence-electron chi connectivity index (χ3n) is 4.17. The Labute approximate surface area is 124 Å². The predicted molar refractivity (Wildman–Crippen MR) is 78.7 cm³/mol. The van der Waals surface area contributed by atoms with Crippen LogP contribution in [0.3, 0.4) is 0 Å². The molecular weight excluding hydrogens is 266 g/mol. The first-order valence-electron chi connectivity index (χ1n) is 7.59. The summed E-state index contributed by atoms with van der Waals surface area (Å²) in [6.45, 7) is 4.75. The fourth-order valence-corrected chi connectivity index (χ4v) is 2.95. The third-order valence-corrected chi connectivity index (χ3v) is 4.17. The SMILES string of the molecule is CCc1ccc([C@@H]2CCCN2C(=O)[C@H](C)n2cccn2)o1. The van der Waals surface area contributed by atoms with Gasteiger partial charge >= 0.3 is 0 Å². The van der Waals surface area contributed by atoms with Crippen molar-refractivity contribution >= 4 is 5.91 Å². The summed E-state index contributed by atoms with van der Waals surface area (Å²) >= 11 is 0. The van der Waals surface area contributed by atoms with Gasteiger partial charge in [-0.3, -0.25) is 9.48 Å². The van der Waals surface area contributed by atoms with Crippen molar-refractivity contribution in [3.05, 3.63) is 42.1 Å². The minimum absolute atomic E-state index is 0.0656. The van der Waals surface area contributed by atoms with Crippen molar-refractivity contribution in [1.82, 2.24) is 14.7 Å². The first-order chi connectivity index (χ1) is 10.2. The van der Waals surface area contributed by atoms with Gasteiger partial charge in [0, 0.05) is 25.4 Å². The van der Waals surface area contributed by atoms with Gasteiger partial charge in [0.05, 0.1) is 6.04 Å². The number of nitrogens with zero attached hydrogens (tertiary/aromatic N) is 3. The lowest BCUT2D eigenvalue weighted by Crippen LogP contribution is -2.35. The van der Waals surface area contributed by atoms with E-state index >= 15 is 0 Å². The highest BCUT2D eigenvalue weighted by molar-refractivity contribution is 5.80. The Morgan fingerprint density at radius 1 is 1.52 bits per heavy atom. The zero-order valence-electron chi connectivity index (χ0n) is 12.5. The number of aromatic nitrogens is 2. The zero-order chi connectivity index (χ0) is 14.8. The molecule has 0 bridgehead atoms. The number of likely N-dealkylation sites (tertiary alicyclic amines) is 1. The zero-order valence-corrected chi connectivity index (χ0v) is 12.5. The molecule has 5 heteroatoms. The van der Waals surface area contributed by atoms with Crippen LogP contribution in [-0.2, 0) is 11.2 Å². The highest BCUT2D eigenvalue weighted by atomic mass is 16.3. The van der Waals surface area contributed by atoms with E-state index in [4.69, 9.17) is 4.42 Å². The average Bonchev–Trinajstić information content (AvgIpc) is 3.24. The van der Waals surface area contributed by atoms with Gasteiger partial charge in [0.2, 0.25) is 5.91 Å². The van der Waals surface area contributed by atoms with E-state index in [0.717, 1.165) is 37.3 Å². The summed E-state index contributed by atoms with van der Waals surface area (Å²) in [4.78, 5) is 14.7. The number of hydrogen-bond acceptors (Lipinski definition) is 3. The van der Waals surface area contributed by atoms with Crippen molar-refractivity contribution in [2.75, 3.05) is 6.54 Å². The second-order valence-corrected chi connectivity index (χ2v) is 5.51. The molecular formula is C16H21N3O2. The Morgan fingerprint density at radius 3 is 3.05 bits per heavy atom. The number of hydrogen-bond donors (Lipinski definition) is 0. The van der Waals surface area contributed by atoms with E-state index in [1.807, 2.05) is 36.2 Å². The molecule has 0 saturated carbocycles. The molecule has 1 fully saturated rings. The predicted octanol–water partition coefficient (Wildman–Crippen LogP) is 2.96. The van der Waals surface area contributed by atoms with Gasteiger partial charge in [0.25, 0.3) is 0 Å². The topological polar surface area (TPSA) is 51.3 Å². The molecule has 2 aromatic rings. The van der Waals surface area contributed by atoms with Gasteiger partial charge in [-0.1, -0.05) is 6.92 Å². The summed E-state index contributed by atoms with van der Waals surface area (Å²) in [5.41, 5.74) is 0. The first-order valence-corrected chi connectivity index (χ1v) is 7.59. The molecule has 0 radical (unpaired) electrons. The van der Waals surface area contributed by atoms with Crippen LogP contribution >= 0.6 is 0 Å². The van der Waals surface area contributed by atoms with Crippen molar-refractivity contribution in [3.63, 3.8) is 0 Å². The van der Waals surface area contributed by atoms with E-state index in [1.165, 1.54) is 0 Å². The van der Waals surface area contributed by atoms with Gasteiger partial charge in [-0.05, 0) is 38.0 Å². The van der Waals surface area contributed by atoms with Gasteiger partial charge in [-0.25, -0.2) is 0 Å². The summed E-state index contributed by atoms with van der Waals surface area (Å²) in [5, 5.41) is 4.17. The Kier molecular flexibility index (Phi) is 3.82. The van der Waals surface area contributed by atoms with Crippen molar-refractivity contribution in [3.8, 4) is 0 Å². The van der Waals surface area contributed by atoms with Gasteiger partial charge < -0.3 is 9.32 Å². The lowest BCUT2D eigenvalue weighted by Gasteiger charge is -2.26. The largest absolute Gasteiger partial charge is 0.464 e. The van der Waals surface area contributed by atoms with Crippen LogP contribution in [0, 0.1) is 0 Å². The summed E-state index contributed by atoms with van der Waals surface area (Å²) in [5.74, 6) is 1.99. The molecule has 3 heterocycles. The van der Waals surface area contributed by atoms with Gasteiger partial charge in [0.1, 0.15) is 17.6 Å². The quantitative estimate of drug-likeness (QED) is 0.868. The summed E-state index contributed by atoms with van der Waals surface area (Å²) in [7, 11) is 0. The molecule has 2 aromatic heterocycles. The van der Waals surface area contributed by atoms with E-state index in [2.05, 4.69) is 12.0 Å². The lowest BCUT2D eigenvalue weighted by atomic mass is 10.1. The molecule has 0 aromatic carbocycles. The van der Waals surface area contributed by atoms with Gasteiger partial charge in [0.15, 0.2) is 0 Å². The molecule has 21 heavy (non-hydrogen) atoms. The molecule has 112 valence electrons. The van der Waals surface area contributed by atoms with Crippen LogP contribution in [0.2, 0.25) is 0 Å². The molecule has 2 atom stereocenters. The molecule has 0 spiro atoms. The normalized spacial score (nSPS) is 19.9. The Hall–Kier alpha value is -2.04. The van der Waals surface area contributed by atoms with Crippen LogP contribution < -0.4 is 0 Å². The Balaban J connectivity index is 1.78. The minimum atomic E-state index is -0.277. The standard InChI is InChI=1S/C16H21N3O2/c1-3-13-7-8-15(21-13)14-6-4-10-18(14)16(20)12(2)19-11-5-9-17-19/h5,7-9,11-12,14H,3-4,6,10H2,1-2H3/t12-,14-/m0/s1. The summed E-state index contributed by atoms with van der Waals surface area (Å²) in [6.07, 6.45) is 6.39. The molecule has 0 N–H and O–H groups in total. The van der Waals surface area contributed by atoms with Crippen LogP contribution in [-0.4, -0.2) is 27.1 Å². The Morgan fingerprint density at radius 2 is 2.38 bits per heavy atom. The van der Waals surface area contributed by atoms with Crippen LogP contribution in [0.15, 0.2) is 35.0 Å². The van der Waals surface area contributed by atoms with E-state index in [-0.39, 0.29) is 18.0 Å². The van der Waals surface area contributed by atoms with Crippen molar-refractivity contribution in [2.45, 2.75) is 45.2 Å². The maximum absolute atomic E-state index is 12.7. The summed E-state index contributed by atoms with van der Waals surface area (Å²) in [6, 6.07) is 5.64. The minimum Gasteiger partial charge on any atom is -0.464 e. The van der Waals surface area contributed by atoms with Crippen LogP contribution in [0.1, 0.15) is 50.3 Å². The maximum atomic E-state index is 12.7. The molecule has 1 amide bonds. The number of aryl methyl sites for hydroxylation is 1. The number of carbonyl (C=O) groups is 1. The number of furan rings is 1. The maximum Gasteiger partial charge on any atom is 0.247 e. The summed E-state index contributed by atoms with van der Waals surface area (Å²) < 4.78 is 7.56.